The molecule has 1 heterocycles. The molecular formula is C16H21N3O2S3. The summed E-state index contributed by atoms with van der Waals surface area (Å²) in [6, 6.07) is 7.28. The third-order valence-corrected chi connectivity index (χ3v) is 6.44. The van der Waals surface area contributed by atoms with E-state index in [9.17, 15) is 4.79 Å². The molecule has 2 aromatic rings. The highest BCUT2D eigenvalue weighted by molar-refractivity contribution is 8.03. The highest BCUT2D eigenvalue weighted by Gasteiger charge is 2.17. The highest BCUT2D eigenvalue weighted by atomic mass is 32.2. The summed E-state index contributed by atoms with van der Waals surface area (Å²) in [5.41, 5.74) is 0.751. The molecule has 1 amide bonds. The van der Waals surface area contributed by atoms with Crippen LogP contribution in [0.2, 0.25) is 0 Å². The van der Waals surface area contributed by atoms with E-state index in [1.54, 1.807) is 30.2 Å². The molecule has 5 nitrogen and oxygen atoms in total. The van der Waals surface area contributed by atoms with Gasteiger partial charge >= 0.3 is 0 Å². The van der Waals surface area contributed by atoms with Crippen molar-refractivity contribution in [1.82, 2.24) is 10.2 Å². The normalized spacial score (nSPS) is 12.0. The molecule has 130 valence electrons. The van der Waals surface area contributed by atoms with Crippen molar-refractivity contribution in [3.05, 3.63) is 24.3 Å². The van der Waals surface area contributed by atoms with Crippen LogP contribution in [0, 0.1) is 0 Å². The molecule has 1 aromatic heterocycles. The fourth-order valence-electron chi connectivity index (χ4n) is 1.73. The van der Waals surface area contributed by atoms with Crippen LogP contribution in [-0.2, 0) is 4.79 Å². The van der Waals surface area contributed by atoms with Crippen LogP contribution in [0.3, 0.4) is 0 Å². The molecule has 1 N–H and O–H groups in total. The van der Waals surface area contributed by atoms with Crippen LogP contribution in [-0.4, -0.2) is 34.2 Å². The van der Waals surface area contributed by atoms with Crippen LogP contribution in [0.25, 0.3) is 0 Å². The Morgan fingerprint density at radius 2 is 2.00 bits per heavy atom. The average molecular weight is 384 g/mol. The number of nitrogens with zero attached hydrogens (tertiary/aromatic N) is 2. The zero-order valence-electron chi connectivity index (χ0n) is 13.9. The molecule has 0 radical (unpaired) electrons. The van der Waals surface area contributed by atoms with E-state index in [1.807, 2.05) is 31.2 Å². The number of aromatic nitrogens is 2. The van der Waals surface area contributed by atoms with Gasteiger partial charge in [-0.1, -0.05) is 48.2 Å². The molecule has 2 rings (SSSR count). The van der Waals surface area contributed by atoms with Gasteiger partial charge in [0.1, 0.15) is 5.75 Å². The van der Waals surface area contributed by atoms with E-state index in [0.717, 1.165) is 25.9 Å². The van der Waals surface area contributed by atoms with Gasteiger partial charge < -0.3 is 10.1 Å². The number of carbonyl (C=O) groups excluding carboxylic acids is 1. The molecule has 0 spiro atoms. The zero-order chi connectivity index (χ0) is 17.4. The Bertz CT molecular complexity index is 646. The van der Waals surface area contributed by atoms with Gasteiger partial charge in [-0.3, -0.25) is 4.79 Å². The number of ether oxygens (including phenoxy) is 1. The number of thioether (sulfide) groups is 2. The van der Waals surface area contributed by atoms with Crippen molar-refractivity contribution >= 4 is 46.5 Å². The van der Waals surface area contributed by atoms with Gasteiger partial charge in [-0.2, -0.15) is 0 Å². The molecule has 0 saturated heterocycles. The molecule has 8 heteroatoms. The van der Waals surface area contributed by atoms with Gasteiger partial charge in [0.2, 0.25) is 5.91 Å². The Morgan fingerprint density at radius 3 is 2.67 bits per heavy atom. The fraction of sp³-hybridized carbons (Fsp3) is 0.438. The molecule has 0 aliphatic rings. The number of methoxy groups -OCH3 is 1. The molecule has 1 atom stereocenters. The zero-order valence-corrected chi connectivity index (χ0v) is 16.4. The smallest absolute Gasteiger partial charge is 0.237 e. The first kappa shape index (κ1) is 19.1. The molecule has 0 fully saturated rings. The first-order valence-corrected chi connectivity index (χ1v) is 10.4. The molecule has 0 saturated carbocycles. The lowest BCUT2D eigenvalue weighted by atomic mass is 10.3. The number of nitrogens with one attached hydrogen (secondary N) is 1. The molecule has 0 bridgehead atoms. The Labute approximate surface area is 155 Å². The van der Waals surface area contributed by atoms with E-state index >= 15 is 0 Å². The number of anilines is 1. The van der Waals surface area contributed by atoms with Crippen LogP contribution in [0.1, 0.15) is 26.7 Å². The lowest BCUT2D eigenvalue weighted by Crippen LogP contribution is -2.22. The van der Waals surface area contributed by atoms with Gasteiger partial charge in [-0.25, -0.2) is 0 Å². The molecule has 0 aliphatic heterocycles. The second-order valence-corrected chi connectivity index (χ2v) is 8.92. The maximum absolute atomic E-state index is 12.3. The predicted molar refractivity (Wildman–Crippen MR) is 102 cm³/mol. The third-order valence-electron chi connectivity index (χ3n) is 3.12. The Morgan fingerprint density at radius 1 is 1.29 bits per heavy atom. The van der Waals surface area contributed by atoms with Crippen molar-refractivity contribution in [2.24, 2.45) is 0 Å². The second-order valence-electron chi connectivity index (χ2n) is 5.01. The van der Waals surface area contributed by atoms with Gasteiger partial charge in [0.25, 0.3) is 0 Å². The van der Waals surface area contributed by atoms with E-state index in [0.29, 0.717) is 0 Å². The second kappa shape index (κ2) is 9.90. The van der Waals surface area contributed by atoms with Crippen molar-refractivity contribution in [3.63, 3.8) is 0 Å². The number of carbonyl (C=O) groups is 1. The fourth-order valence-corrected chi connectivity index (χ4v) is 5.05. The quantitative estimate of drug-likeness (QED) is 0.506. The first-order valence-electron chi connectivity index (χ1n) is 7.70. The standard InChI is InChI=1S/C16H21N3O2S3/c1-4-5-10-22-15-18-19-16(24-15)23-11(2)14(20)17-12-6-8-13(21-3)9-7-12/h6-9,11H,4-5,10H2,1-3H3,(H,17,20). The summed E-state index contributed by atoms with van der Waals surface area (Å²) in [7, 11) is 1.61. The van der Waals surface area contributed by atoms with Crippen molar-refractivity contribution in [2.45, 2.75) is 40.6 Å². The minimum absolute atomic E-state index is 0.0550. The molecule has 24 heavy (non-hydrogen) atoms. The molecule has 0 aliphatic carbocycles. The van der Waals surface area contributed by atoms with Gasteiger partial charge in [0, 0.05) is 11.4 Å². The summed E-state index contributed by atoms with van der Waals surface area (Å²) in [5, 5.41) is 11.0. The molecular weight excluding hydrogens is 362 g/mol. The SMILES string of the molecule is CCCCSc1nnc(SC(C)C(=O)Nc2ccc(OC)cc2)s1. The van der Waals surface area contributed by atoms with Gasteiger partial charge in [-0.05, 0) is 37.6 Å². The number of hydrogen-bond acceptors (Lipinski definition) is 7. The average Bonchev–Trinajstić information content (AvgIpc) is 3.03. The summed E-state index contributed by atoms with van der Waals surface area (Å²) >= 11 is 4.71. The van der Waals surface area contributed by atoms with Crippen molar-refractivity contribution in [1.29, 1.82) is 0 Å². The number of benzene rings is 1. The third kappa shape index (κ3) is 5.99. The van der Waals surface area contributed by atoms with Crippen LogP contribution >= 0.6 is 34.9 Å². The van der Waals surface area contributed by atoms with Crippen LogP contribution in [0.4, 0.5) is 5.69 Å². The van der Waals surface area contributed by atoms with Crippen molar-refractivity contribution in [3.8, 4) is 5.75 Å². The maximum Gasteiger partial charge on any atom is 0.237 e. The van der Waals surface area contributed by atoms with Crippen LogP contribution in [0.15, 0.2) is 32.9 Å². The summed E-state index contributed by atoms with van der Waals surface area (Å²) in [4.78, 5) is 12.3. The number of amides is 1. The number of unbranched alkanes of at least 4 members (excludes halogenated alkanes) is 1. The topological polar surface area (TPSA) is 64.1 Å². The van der Waals surface area contributed by atoms with E-state index in [-0.39, 0.29) is 11.2 Å². The summed E-state index contributed by atoms with van der Waals surface area (Å²) in [6.07, 6.45) is 2.35. The Balaban J connectivity index is 1.84. The Kier molecular flexibility index (Phi) is 7.87. The molecule has 1 aromatic carbocycles. The lowest BCUT2D eigenvalue weighted by Gasteiger charge is -2.10. The largest absolute Gasteiger partial charge is 0.497 e. The minimum Gasteiger partial charge on any atom is -0.497 e. The maximum atomic E-state index is 12.3. The monoisotopic (exact) mass is 383 g/mol. The van der Waals surface area contributed by atoms with Crippen molar-refractivity contribution in [2.75, 3.05) is 18.2 Å². The number of hydrogen-bond donors (Lipinski definition) is 1. The van der Waals surface area contributed by atoms with Gasteiger partial charge in [-0.15, -0.1) is 10.2 Å². The van der Waals surface area contributed by atoms with E-state index < -0.39 is 0 Å². The Hall–Kier alpha value is -1.25. The minimum atomic E-state index is -0.242. The summed E-state index contributed by atoms with van der Waals surface area (Å²) in [6.45, 7) is 4.04. The summed E-state index contributed by atoms with van der Waals surface area (Å²) < 4.78 is 6.90. The number of rotatable bonds is 9. The predicted octanol–water partition coefficient (Wildman–Crippen LogP) is 4.56. The van der Waals surface area contributed by atoms with E-state index in [4.69, 9.17) is 4.74 Å². The highest BCUT2D eigenvalue weighted by Crippen LogP contribution is 2.32. The van der Waals surface area contributed by atoms with Crippen LogP contribution < -0.4 is 10.1 Å². The molecule has 1 unspecified atom stereocenters. The van der Waals surface area contributed by atoms with Gasteiger partial charge in [0.05, 0.1) is 12.4 Å². The van der Waals surface area contributed by atoms with Crippen molar-refractivity contribution < 1.29 is 9.53 Å². The van der Waals surface area contributed by atoms with Crippen LogP contribution in [0.5, 0.6) is 5.75 Å². The van der Waals surface area contributed by atoms with E-state index in [2.05, 4.69) is 22.4 Å². The van der Waals surface area contributed by atoms with E-state index in [1.165, 1.54) is 24.6 Å². The first-order chi connectivity index (χ1) is 11.6. The lowest BCUT2D eigenvalue weighted by molar-refractivity contribution is -0.115. The summed E-state index contributed by atoms with van der Waals surface area (Å²) in [5.74, 6) is 1.77. The van der Waals surface area contributed by atoms with Gasteiger partial charge in [0.15, 0.2) is 8.68 Å².